The number of aromatic nitrogens is 1. The summed E-state index contributed by atoms with van der Waals surface area (Å²) in [5.74, 6) is -2.46. The second kappa shape index (κ2) is 11.3. The van der Waals surface area contributed by atoms with Gasteiger partial charge in [0.15, 0.2) is 9.84 Å². The van der Waals surface area contributed by atoms with Gasteiger partial charge in [-0.1, -0.05) is 6.07 Å². The van der Waals surface area contributed by atoms with E-state index in [1.54, 1.807) is 6.08 Å². The lowest BCUT2D eigenvalue weighted by Crippen LogP contribution is -2.42. The van der Waals surface area contributed by atoms with Crippen molar-refractivity contribution in [1.82, 2.24) is 15.2 Å². The van der Waals surface area contributed by atoms with Gasteiger partial charge in [-0.3, -0.25) is 9.59 Å². The molecular formula is C32H34F2N4O4S. The third kappa shape index (κ3) is 5.75. The highest BCUT2D eigenvalue weighted by molar-refractivity contribution is 7.90. The molecule has 1 saturated carbocycles. The molecule has 2 aromatic carbocycles. The Bertz CT molecular complexity index is 1740. The molecule has 11 heteroatoms. The van der Waals surface area contributed by atoms with Crippen molar-refractivity contribution >= 4 is 39.0 Å². The van der Waals surface area contributed by atoms with Gasteiger partial charge in [0.1, 0.15) is 11.6 Å². The Morgan fingerprint density at radius 3 is 2.56 bits per heavy atom. The summed E-state index contributed by atoms with van der Waals surface area (Å²) in [6, 6.07) is 7.44. The summed E-state index contributed by atoms with van der Waals surface area (Å²) >= 11 is 0. The number of halogens is 2. The average molecular weight is 609 g/mol. The highest BCUT2D eigenvalue weighted by Crippen LogP contribution is 2.37. The minimum Gasteiger partial charge on any atom is -0.358 e. The predicted molar refractivity (Wildman–Crippen MR) is 160 cm³/mol. The lowest BCUT2D eigenvalue weighted by atomic mass is 10.0. The molecule has 0 bridgehead atoms. The number of hydrogen-bond donors (Lipinski definition) is 3. The van der Waals surface area contributed by atoms with Crippen molar-refractivity contribution < 1.29 is 26.8 Å². The zero-order valence-corrected chi connectivity index (χ0v) is 24.9. The average Bonchev–Trinajstić information content (AvgIpc) is 3.46. The first-order chi connectivity index (χ1) is 20.5. The van der Waals surface area contributed by atoms with Gasteiger partial charge < -0.3 is 20.5 Å². The molecule has 3 heterocycles. The molecule has 1 saturated heterocycles. The topological polar surface area (TPSA) is 111 Å². The molecule has 0 unspecified atom stereocenters. The fraction of sp³-hybridized carbons (Fsp3) is 0.375. The first kappa shape index (κ1) is 29.3. The van der Waals surface area contributed by atoms with Crippen LogP contribution < -0.4 is 10.6 Å². The van der Waals surface area contributed by atoms with Crippen molar-refractivity contribution in [2.24, 2.45) is 5.92 Å². The summed E-state index contributed by atoms with van der Waals surface area (Å²) in [5, 5.41) is 6.26. The van der Waals surface area contributed by atoms with Crippen LogP contribution in [0.4, 0.5) is 14.5 Å². The van der Waals surface area contributed by atoms with E-state index in [0.717, 1.165) is 44.0 Å². The highest BCUT2D eigenvalue weighted by Gasteiger charge is 2.33. The summed E-state index contributed by atoms with van der Waals surface area (Å²) in [6.07, 6.45) is 6.06. The van der Waals surface area contributed by atoms with Gasteiger partial charge in [-0.15, -0.1) is 0 Å². The molecule has 3 N–H and O–H groups in total. The lowest BCUT2D eigenvalue weighted by molar-refractivity contribution is -0.110. The Labute approximate surface area is 249 Å². The van der Waals surface area contributed by atoms with E-state index < -0.39 is 38.7 Å². The van der Waals surface area contributed by atoms with Gasteiger partial charge in [0.2, 0.25) is 0 Å². The number of aromatic amines is 1. The van der Waals surface area contributed by atoms with Crippen LogP contribution in [0, 0.1) is 31.4 Å². The largest absolute Gasteiger partial charge is 0.358 e. The highest BCUT2D eigenvalue weighted by atomic mass is 32.2. The van der Waals surface area contributed by atoms with Crippen LogP contribution in [0.15, 0.2) is 41.3 Å². The fourth-order valence-electron chi connectivity index (χ4n) is 6.07. The van der Waals surface area contributed by atoms with E-state index in [2.05, 4.69) is 15.6 Å². The number of aryl methyl sites for hydroxylation is 1. The molecule has 2 amide bonds. The van der Waals surface area contributed by atoms with Crippen LogP contribution in [0.25, 0.3) is 11.6 Å². The van der Waals surface area contributed by atoms with Crippen LogP contribution in [-0.2, 0) is 20.4 Å². The second-order valence-electron chi connectivity index (χ2n) is 11.7. The monoisotopic (exact) mass is 608 g/mol. The summed E-state index contributed by atoms with van der Waals surface area (Å²) in [6.45, 7) is 6.11. The third-order valence-corrected chi connectivity index (χ3v) is 10.3. The van der Waals surface area contributed by atoms with Crippen molar-refractivity contribution in [3.63, 3.8) is 0 Å². The maximum atomic E-state index is 14.2. The Kier molecular flexibility index (Phi) is 7.72. The van der Waals surface area contributed by atoms with Crippen LogP contribution in [-0.4, -0.2) is 55.8 Å². The minimum atomic E-state index is -4.15. The maximum Gasteiger partial charge on any atom is 0.256 e. The van der Waals surface area contributed by atoms with Crippen molar-refractivity contribution in [2.75, 3.05) is 25.0 Å². The van der Waals surface area contributed by atoms with E-state index in [0.29, 0.717) is 40.3 Å². The number of nitrogens with one attached hydrogen (secondary N) is 3. The van der Waals surface area contributed by atoms with E-state index in [4.69, 9.17) is 0 Å². The summed E-state index contributed by atoms with van der Waals surface area (Å²) in [5.41, 5.74) is 2.98. The van der Waals surface area contributed by atoms with Crippen molar-refractivity contribution in [1.29, 1.82) is 0 Å². The molecule has 0 spiro atoms. The van der Waals surface area contributed by atoms with E-state index in [-0.39, 0.29) is 22.4 Å². The van der Waals surface area contributed by atoms with Gasteiger partial charge in [0, 0.05) is 47.3 Å². The number of anilines is 1. The van der Waals surface area contributed by atoms with Gasteiger partial charge >= 0.3 is 0 Å². The molecular weight excluding hydrogens is 574 g/mol. The van der Waals surface area contributed by atoms with Crippen LogP contribution in [0.2, 0.25) is 0 Å². The molecule has 8 nitrogen and oxygen atoms in total. The zero-order valence-electron chi connectivity index (χ0n) is 24.1. The van der Waals surface area contributed by atoms with Crippen LogP contribution >= 0.6 is 0 Å². The molecule has 0 radical (unpaired) electrons. The molecule has 3 aliphatic rings. The maximum absolute atomic E-state index is 14.2. The number of H-pyrrole nitrogens is 1. The van der Waals surface area contributed by atoms with Crippen molar-refractivity contribution in [3.05, 3.63) is 81.7 Å². The van der Waals surface area contributed by atoms with Crippen LogP contribution in [0.1, 0.15) is 64.1 Å². The van der Waals surface area contributed by atoms with E-state index in [1.807, 2.05) is 18.7 Å². The summed E-state index contributed by atoms with van der Waals surface area (Å²) in [4.78, 5) is 31.7. The molecule has 2 aliphatic heterocycles. The minimum absolute atomic E-state index is 0.0448. The quantitative estimate of drug-likeness (QED) is 0.297. The number of benzene rings is 2. The molecule has 43 heavy (non-hydrogen) atoms. The van der Waals surface area contributed by atoms with Crippen molar-refractivity contribution in [3.8, 4) is 0 Å². The molecule has 6 rings (SSSR count). The van der Waals surface area contributed by atoms with Gasteiger partial charge in [0.05, 0.1) is 21.8 Å². The van der Waals surface area contributed by atoms with Crippen LogP contribution in [0.5, 0.6) is 0 Å². The Hall–Kier alpha value is -3.83. The summed E-state index contributed by atoms with van der Waals surface area (Å²) in [7, 11) is -4.15. The number of carbonyl (C=O) groups is 2. The molecule has 1 aromatic heterocycles. The number of rotatable bonds is 9. The van der Waals surface area contributed by atoms with Gasteiger partial charge in [0.25, 0.3) is 11.8 Å². The first-order valence-corrected chi connectivity index (χ1v) is 16.2. The Morgan fingerprint density at radius 1 is 1.09 bits per heavy atom. The summed E-state index contributed by atoms with van der Waals surface area (Å²) < 4.78 is 54.8. The number of fused-ring (bicyclic) bond motifs is 1. The second-order valence-corrected chi connectivity index (χ2v) is 13.7. The number of nitrogens with zero attached hydrogens (tertiary/aromatic N) is 1. The van der Waals surface area contributed by atoms with E-state index >= 15 is 0 Å². The molecule has 226 valence electrons. The van der Waals surface area contributed by atoms with E-state index in [1.165, 1.54) is 37.1 Å². The fourth-order valence-corrected chi connectivity index (χ4v) is 7.46. The van der Waals surface area contributed by atoms with Gasteiger partial charge in [-0.2, -0.15) is 0 Å². The smallest absolute Gasteiger partial charge is 0.256 e. The van der Waals surface area contributed by atoms with Gasteiger partial charge in [-0.05, 0) is 94.0 Å². The third-order valence-electron chi connectivity index (χ3n) is 8.66. The number of sulfone groups is 1. The Balaban J connectivity index is 1.27. The molecule has 1 aliphatic carbocycles. The van der Waals surface area contributed by atoms with Crippen LogP contribution in [0.3, 0.4) is 0 Å². The Morgan fingerprint density at radius 2 is 1.84 bits per heavy atom. The molecule has 3 aromatic rings. The number of carbonyl (C=O) groups excluding carboxylic acids is 2. The zero-order chi connectivity index (χ0) is 30.5. The first-order valence-electron chi connectivity index (χ1n) is 14.6. The number of hydrogen-bond acceptors (Lipinski definition) is 5. The van der Waals surface area contributed by atoms with Gasteiger partial charge in [-0.25, -0.2) is 17.2 Å². The number of amides is 2. The van der Waals surface area contributed by atoms with E-state index in [9.17, 15) is 26.8 Å². The van der Waals surface area contributed by atoms with Crippen molar-refractivity contribution in [2.45, 2.75) is 56.2 Å². The molecule has 1 atom stereocenters. The normalized spacial score (nSPS) is 19.3. The number of likely N-dealkylation sites (tertiary alicyclic amines) is 1. The SMILES string of the molecule is Cc1[nH]c(C=C2C(=O)Nc3ccc(S(=O)(=O)Cc4c(F)cccc4F)cc32)c(C)c1C(=O)N1CCC[C@@H]1CNCC1CC1. The predicted octanol–water partition coefficient (Wildman–Crippen LogP) is 4.98. The lowest BCUT2D eigenvalue weighted by Gasteiger charge is -2.25. The molecule has 2 fully saturated rings. The standard InChI is InChI=1S/C32H34F2N4O4S/c1-18-29(36-19(2)30(18)32(40)38-12-4-5-21(38)16-35-15-20-8-9-20)14-24-23-13-22(10-11-28(23)37-31(24)39)43(41,42)17-25-26(33)6-3-7-27(25)34/h3,6-7,10-11,13-14,20-21,35-36H,4-5,8-9,12,15-17H2,1-2H3,(H,37,39)/t21-/m1/s1.